The number of aromatic nitrogens is 1. The molecule has 0 aliphatic rings. The monoisotopic (exact) mass is 495 g/mol. The zero-order valence-electron chi connectivity index (χ0n) is 21.1. The number of nitrogens with one attached hydrogen (secondary N) is 1. The van der Waals surface area contributed by atoms with Gasteiger partial charge in [0.25, 0.3) is 0 Å². The van der Waals surface area contributed by atoms with Crippen molar-refractivity contribution in [3.8, 4) is 22.6 Å². The lowest BCUT2D eigenvalue weighted by molar-refractivity contribution is 0.101. The van der Waals surface area contributed by atoms with Gasteiger partial charge in [-0.15, -0.1) is 0 Å². The van der Waals surface area contributed by atoms with Gasteiger partial charge in [-0.3, -0.25) is 4.79 Å². The van der Waals surface area contributed by atoms with Crippen molar-refractivity contribution in [1.29, 1.82) is 0 Å². The topological polar surface area (TPSA) is 71.6 Å². The highest BCUT2D eigenvalue weighted by molar-refractivity contribution is 5.98. The Kier molecular flexibility index (Phi) is 8.83. The molecule has 0 fully saturated rings. The van der Waals surface area contributed by atoms with Crippen LogP contribution in [0, 0.1) is 24.5 Å². The van der Waals surface area contributed by atoms with Gasteiger partial charge < -0.3 is 19.6 Å². The van der Waals surface area contributed by atoms with E-state index in [9.17, 15) is 13.6 Å². The number of hydrogen-bond acceptors (Lipinski definition) is 4. The van der Waals surface area contributed by atoms with E-state index in [-0.39, 0.29) is 18.1 Å². The van der Waals surface area contributed by atoms with E-state index in [0.717, 1.165) is 18.1 Å². The zero-order valence-corrected chi connectivity index (χ0v) is 21.1. The zero-order chi connectivity index (χ0) is 26.4. The van der Waals surface area contributed by atoms with Crippen LogP contribution in [0.1, 0.15) is 35.3 Å². The number of benzene rings is 3. The second kappa shape index (κ2) is 11.8. The molecule has 5 nitrogen and oxygen atoms in total. The number of H-pyrrole nitrogens is 1. The van der Waals surface area contributed by atoms with Gasteiger partial charge in [-0.2, -0.15) is 4.39 Å². The number of rotatable bonds is 7. The van der Waals surface area contributed by atoms with E-state index in [2.05, 4.69) is 24.0 Å². The third kappa shape index (κ3) is 5.91. The molecule has 1 atom stereocenters. The summed E-state index contributed by atoms with van der Waals surface area (Å²) in [7, 11) is 2.75. The molecule has 0 bridgehead atoms. The van der Waals surface area contributed by atoms with E-state index in [1.165, 1.54) is 43.7 Å². The minimum Gasteiger partial charge on any atom is -0.496 e. The summed E-state index contributed by atoms with van der Waals surface area (Å²) < 4.78 is 37.3. The van der Waals surface area contributed by atoms with Crippen molar-refractivity contribution in [2.24, 2.45) is 5.92 Å². The first-order chi connectivity index (χ1) is 17.2. The molecule has 3 aromatic carbocycles. The number of aryl methyl sites for hydroxylation is 1. The van der Waals surface area contributed by atoms with Crippen LogP contribution in [-0.2, 0) is 6.42 Å². The smallest absolute Gasteiger partial charge is 0.200 e. The second-order valence-corrected chi connectivity index (χ2v) is 8.76. The van der Waals surface area contributed by atoms with Gasteiger partial charge in [-0.1, -0.05) is 25.1 Å². The number of methoxy groups -OCH3 is 2. The van der Waals surface area contributed by atoms with E-state index >= 15 is 0 Å². The Labute approximate surface area is 209 Å². The van der Waals surface area contributed by atoms with Crippen molar-refractivity contribution in [3.63, 3.8) is 0 Å². The number of fused-ring (bicyclic) bond motifs is 1. The number of ketones is 1. The van der Waals surface area contributed by atoms with Crippen LogP contribution in [0.3, 0.4) is 0 Å². The Morgan fingerprint density at radius 1 is 1.06 bits per heavy atom. The minimum atomic E-state index is -1.04. The number of halogens is 2. The molecule has 0 saturated carbocycles. The standard InChI is InChI=1S/C17H16F2O3.C12H15NO/c1-9-5-11(6-13(10(2)20)17(9)22-4)12-7-14(18)16(19)15(8-12)21-3;1-9(8-14)6-10-7-13-12-5-3-2-4-11(10)12/h5-8H,1-4H3;2-5,7,9,13-14H,6,8H2,1H3. The van der Waals surface area contributed by atoms with Crippen molar-refractivity contribution >= 4 is 16.7 Å². The maximum atomic E-state index is 13.7. The summed E-state index contributed by atoms with van der Waals surface area (Å²) in [5, 5.41) is 10.3. The molecule has 0 aliphatic heterocycles. The number of hydrogen-bond donors (Lipinski definition) is 2. The molecule has 2 N–H and O–H groups in total. The molecule has 4 aromatic rings. The summed E-state index contributed by atoms with van der Waals surface area (Å²) in [6.07, 6.45) is 2.97. The summed E-state index contributed by atoms with van der Waals surface area (Å²) in [6, 6.07) is 14.1. The van der Waals surface area contributed by atoms with Gasteiger partial charge in [0.1, 0.15) is 5.75 Å². The average Bonchev–Trinajstić information content (AvgIpc) is 3.28. The third-order valence-electron chi connectivity index (χ3n) is 5.96. The summed E-state index contributed by atoms with van der Waals surface area (Å²) in [4.78, 5) is 15.0. The molecule has 1 unspecified atom stereocenters. The van der Waals surface area contributed by atoms with E-state index in [1.54, 1.807) is 19.1 Å². The molecule has 0 radical (unpaired) electrons. The first-order valence-electron chi connectivity index (χ1n) is 11.6. The van der Waals surface area contributed by atoms with Crippen molar-refractivity contribution in [2.75, 3.05) is 20.8 Å². The van der Waals surface area contributed by atoms with E-state index in [0.29, 0.717) is 28.4 Å². The van der Waals surface area contributed by atoms with Gasteiger partial charge in [0.15, 0.2) is 17.3 Å². The lowest BCUT2D eigenvalue weighted by Gasteiger charge is -2.13. The van der Waals surface area contributed by atoms with Crippen LogP contribution in [0.4, 0.5) is 8.78 Å². The Morgan fingerprint density at radius 3 is 2.39 bits per heavy atom. The average molecular weight is 496 g/mol. The fourth-order valence-electron chi connectivity index (χ4n) is 4.09. The van der Waals surface area contributed by atoms with Gasteiger partial charge in [-0.05, 0) is 78.8 Å². The number of aliphatic hydroxyl groups is 1. The number of aliphatic hydroxyl groups excluding tert-OH is 1. The van der Waals surface area contributed by atoms with E-state index in [1.807, 2.05) is 18.3 Å². The maximum Gasteiger partial charge on any atom is 0.200 e. The minimum absolute atomic E-state index is 0.170. The molecule has 190 valence electrons. The van der Waals surface area contributed by atoms with Crippen molar-refractivity contribution in [3.05, 3.63) is 83.1 Å². The molecular formula is C29H31F2NO4. The fraction of sp³-hybridized carbons (Fsp3) is 0.276. The van der Waals surface area contributed by atoms with Crippen LogP contribution in [0.5, 0.6) is 11.5 Å². The van der Waals surface area contributed by atoms with Crippen LogP contribution < -0.4 is 9.47 Å². The Hall–Kier alpha value is -3.71. The Balaban J connectivity index is 0.000000221. The number of carbonyl (C=O) groups is 1. The predicted octanol–water partition coefficient (Wildman–Crippen LogP) is 6.50. The van der Waals surface area contributed by atoms with E-state index < -0.39 is 11.6 Å². The molecule has 1 aromatic heterocycles. The molecule has 0 saturated heterocycles. The van der Waals surface area contributed by atoms with Crippen LogP contribution in [0.25, 0.3) is 22.0 Å². The van der Waals surface area contributed by atoms with Crippen molar-refractivity contribution < 1.29 is 28.2 Å². The number of para-hydroxylation sites is 1. The van der Waals surface area contributed by atoms with Crippen LogP contribution in [0.15, 0.2) is 54.7 Å². The predicted molar refractivity (Wildman–Crippen MR) is 138 cm³/mol. The molecule has 0 aliphatic carbocycles. The fourth-order valence-corrected chi connectivity index (χ4v) is 4.09. The van der Waals surface area contributed by atoms with Gasteiger partial charge in [0.05, 0.1) is 19.8 Å². The molecule has 0 spiro atoms. The van der Waals surface area contributed by atoms with Crippen LogP contribution in [0.2, 0.25) is 0 Å². The normalized spacial score (nSPS) is 11.6. The first-order valence-corrected chi connectivity index (χ1v) is 11.6. The molecule has 36 heavy (non-hydrogen) atoms. The molecule has 4 rings (SSSR count). The highest BCUT2D eigenvalue weighted by Gasteiger charge is 2.17. The van der Waals surface area contributed by atoms with Gasteiger partial charge >= 0.3 is 0 Å². The van der Waals surface area contributed by atoms with Gasteiger partial charge in [0, 0.05) is 23.7 Å². The van der Waals surface area contributed by atoms with Gasteiger partial charge in [0.2, 0.25) is 5.82 Å². The molecular weight excluding hydrogens is 464 g/mol. The number of ether oxygens (including phenoxy) is 2. The quantitative estimate of drug-likeness (QED) is 0.287. The van der Waals surface area contributed by atoms with Crippen molar-refractivity contribution in [2.45, 2.75) is 27.2 Å². The van der Waals surface area contributed by atoms with Gasteiger partial charge in [-0.25, -0.2) is 4.39 Å². The summed E-state index contributed by atoms with van der Waals surface area (Å²) >= 11 is 0. The maximum absolute atomic E-state index is 13.7. The highest BCUT2D eigenvalue weighted by atomic mass is 19.2. The van der Waals surface area contributed by atoms with E-state index in [4.69, 9.17) is 14.6 Å². The lowest BCUT2D eigenvalue weighted by atomic mass is 9.97. The van der Waals surface area contributed by atoms with Crippen molar-refractivity contribution in [1.82, 2.24) is 4.98 Å². The summed E-state index contributed by atoms with van der Waals surface area (Å²) in [5.41, 5.74) is 4.59. The number of carbonyl (C=O) groups excluding carboxylic acids is 1. The number of aromatic amines is 1. The Bertz CT molecular complexity index is 1360. The summed E-state index contributed by atoms with van der Waals surface area (Å²) in [5.74, 6) is -1.60. The lowest BCUT2D eigenvalue weighted by Crippen LogP contribution is -2.03. The van der Waals surface area contributed by atoms with Crippen LogP contribution in [-0.4, -0.2) is 36.7 Å². The molecule has 0 amide bonds. The number of Topliss-reactive ketones (excluding diaryl/α,β-unsaturated/α-hetero) is 1. The first kappa shape index (κ1) is 26.9. The Morgan fingerprint density at radius 2 is 1.75 bits per heavy atom. The summed E-state index contributed by atoms with van der Waals surface area (Å²) in [6.45, 7) is 5.51. The molecule has 7 heteroatoms. The largest absolute Gasteiger partial charge is 0.496 e. The second-order valence-electron chi connectivity index (χ2n) is 8.76. The highest BCUT2D eigenvalue weighted by Crippen LogP contribution is 2.34. The van der Waals surface area contributed by atoms with Crippen LogP contribution >= 0.6 is 0 Å². The molecule has 1 heterocycles. The third-order valence-corrected chi connectivity index (χ3v) is 5.96. The SMILES string of the molecule is CC(CO)Cc1c[nH]c2ccccc12.COc1cc(-c2cc(C)c(OC)c(C(C)=O)c2)cc(F)c1F.